The SMILES string of the molecule is [C].c1ccc(Nc2ccccc2)cc1. The van der Waals surface area contributed by atoms with Gasteiger partial charge in [0.1, 0.15) is 0 Å². The molecule has 68 valence electrons. The summed E-state index contributed by atoms with van der Waals surface area (Å²) in [5.41, 5.74) is 2.24. The van der Waals surface area contributed by atoms with E-state index in [0.717, 1.165) is 11.4 Å². The molecular formula is C13H11N. The topological polar surface area (TPSA) is 12.0 Å². The Morgan fingerprint density at radius 2 is 0.929 bits per heavy atom. The highest BCUT2D eigenvalue weighted by molar-refractivity contribution is 5.58. The zero-order valence-electron chi connectivity index (χ0n) is 7.77. The third-order valence-corrected chi connectivity index (χ3v) is 1.84. The fourth-order valence-electron chi connectivity index (χ4n) is 1.21. The molecule has 1 heteroatoms. The number of para-hydroxylation sites is 2. The van der Waals surface area contributed by atoms with E-state index in [2.05, 4.69) is 5.32 Å². The van der Waals surface area contributed by atoms with E-state index in [1.54, 1.807) is 0 Å². The largest absolute Gasteiger partial charge is 0.356 e. The van der Waals surface area contributed by atoms with Gasteiger partial charge in [0, 0.05) is 18.8 Å². The number of hydrogen-bond donors (Lipinski definition) is 1. The molecule has 2 aromatic carbocycles. The smallest absolute Gasteiger partial charge is 0.0384 e. The molecule has 0 aromatic heterocycles. The van der Waals surface area contributed by atoms with Gasteiger partial charge < -0.3 is 5.32 Å². The molecule has 4 radical (unpaired) electrons. The summed E-state index contributed by atoms with van der Waals surface area (Å²) in [5.74, 6) is 0. The molecule has 0 aliphatic rings. The number of rotatable bonds is 2. The van der Waals surface area contributed by atoms with Crippen LogP contribution in [-0.4, -0.2) is 0 Å². The summed E-state index contributed by atoms with van der Waals surface area (Å²) in [4.78, 5) is 0. The van der Waals surface area contributed by atoms with Crippen molar-refractivity contribution in [2.75, 3.05) is 5.32 Å². The first-order valence-corrected chi connectivity index (χ1v) is 4.32. The first kappa shape index (κ1) is 10.3. The van der Waals surface area contributed by atoms with Gasteiger partial charge in [-0.15, -0.1) is 0 Å². The van der Waals surface area contributed by atoms with Gasteiger partial charge in [-0.25, -0.2) is 0 Å². The van der Waals surface area contributed by atoms with Gasteiger partial charge in [-0.05, 0) is 24.3 Å². The molecule has 0 amide bonds. The summed E-state index contributed by atoms with van der Waals surface area (Å²) in [6.07, 6.45) is 0. The fraction of sp³-hybridized carbons (Fsp3) is 0. The zero-order chi connectivity index (χ0) is 8.93. The lowest BCUT2D eigenvalue weighted by molar-refractivity contribution is 1.55. The second-order valence-corrected chi connectivity index (χ2v) is 2.86. The predicted molar refractivity (Wildman–Crippen MR) is 59.4 cm³/mol. The first-order valence-electron chi connectivity index (χ1n) is 4.32. The van der Waals surface area contributed by atoms with Crippen LogP contribution in [0, 0.1) is 7.43 Å². The van der Waals surface area contributed by atoms with Crippen LogP contribution in [0.4, 0.5) is 11.4 Å². The maximum Gasteiger partial charge on any atom is 0.0384 e. The average molecular weight is 181 g/mol. The van der Waals surface area contributed by atoms with Gasteiger partial charge in [-0.2, -0.15) is 0 Å². The molecular weight excluding hydrogens is 170 g/mol. The van der Waals surface area contributed by atoms with E-state index >= 15 is 0 Å². The number of anilines is 2. The Hall–Kier alpha value is -1.76. The minimum atomic E-state index is 0. The van der Waals surface area contributed by atoms with E-state index in [-0.39, 0.29) is 7.43 Å². The van der Waals surface area contributed by atoms with E-state index in [0.29, 0.717) is 0 Å². The summed E-state index contributed by atoms with van der Waals surface area (Å²) in [5, 5.41) is 3.30. The van der Waals surface area contributed by atoms with Gasteiger partial charge in [-0.3, -0.25) is 0 Å². The van der Waals surface area contributed by atoms with Crippen molar-refractivity contribution in [3.8, 4) is 0 Å². The Morgan fingerprint density at radius 3 is 1.29 bits per heavy atom. The minimum absolute atomic E-state index is 0. The molecule has 1 N–H and O–H groups in total. The van der Waals surface area contributed by atoms with Crippen LogP contribution in [0.15, 0.2) is 60.7 Å². The molecule has 0 aliphatic heterocycles. The zero-order valence-corrected chi connectivity index (χ0v) is 7.77. The van der Waals surface area contributed by atoms with Crippen LogP contribution < -0.4 is 5.32 Å². The number of benzene rings is 2. The predicted octanol–water partition coefficient (Wildman–Crippen LogP) is 3.51. The molecule has 0 atom stereocenters. The lowest BCUT2D eigenvalue weighted by Gasteiger charge is -2.04. The monoisotopic (exact) mass is 181 g/mol. The van der Waals surface area contributed by atoms with Crippen LogP contribution in [0.25, 0.3) is 0 Å². The summed E-state index contributed by atoms with van der Waals surface area (Å²) >= 11 is 0. The second-order valence-electron chi connectivity index (χ2n) is 2.86. The average Bonchev–Trinajstić information content (AvgIpc) is 2.21. The van der Waals surface area contributed by atoms with Crippen molar-refractivity contribution in [2.24, 2.45) is 0 Å². The molecule has 0 heterocycles. The quantitative estimate of drug-likeness (QED) is 0.747. The summed E-state index contributed by atoms with van der Waals surface area (Å²) in [6, 6.07) is 20.3. The van der Waals surface area contributed by atoms with Crippen LogP contribution in [-0.2, 0) is 0 Å². The van der Waals surface area contributed by atoms with Crippen molar-refractivity contribution in [1.82, 2.24) is 0 Å². The van der Waals surface area contributed by atoms with Gasteiger partial charge in [0.25, 0.3) is 0 Å². The van der Waals surface area contributed by atoms with Crippen LogP contribution in [0.1, 0.15) is 0 Å². The van der Waals surface area contributed by atoms with Gasteiger partial charge in [0.05, 0.1) is 0 Å². The van der Waals surface area contributed by atoms with E-state index in [1.807, 2.05) is 60.7 Å². The maximum absolute atomic E-state index is 3.30. The Bertz CT molecular complexity index is 316. The molecule has 0 saturated carbocycles. The molecule has 2 rings (SSSR count). The van der Waals surface area contributed by atoms with Crippen LogP contribution in [0.5, 0.6) is 0 Å². The van der Waals surface area contributed by atoms with E-state index in [1.165, 1.54) is 0 Å². The van der Waals surface area contributed by atoms with Crippen LogP contribution in [0.3, 0.4) is 0 Å². The maximum atomic E-state index is 3.30. The van der Waals surface area contributed by atoms with Crippen molar-refractivity contribution < 1.29 is 0 Å². The van der Waals surface area contributed by atoms with E-state index in [9.17, 15) is 0 Å². The van der Waals surface area contributed by atoms with Crippen LogP contribution in [0.2, 0.25) is 0 Å². The molecule has 0 aliphatic carbocycles. The fourth-order valence-corrected chi connectivity index (χ4v) is 1.21. The van der Waals surface area contributed by atoms with E-state index < -0.39 is 0 Å². The molecule has 0 fully saturated rings. The molecule has 0 unspecified atom stereocenters. The lowest BCUT2D eigenvalue weighted by atomic mass is 10.3. The highest BCUT2D eigenvalue weighted by Gasteiger charge is 1.89. The van der Waals surface area contributed by atoms with Gasteiger partial charge in [-0.1, -0.05) is 36.4 Å². The van der Waals surface area contributed by atoms with Crippen molar-refractivity contribution in [2.45, 2.75) is 0 Å². The molecule has 1 nitrogen and oxygen atoms in total. The van der Waals surface area contributed by atoms with Gasteiger partial charge in [0.2, 0.25) is 0 Å². The Morgan fingerprint density at radius 1 is 0.571 bits per heavy atom. The summed E-state index contributed by atoms with van der Waals surface area (Å²) in [6.45, 7) is 0. The Balaban J connectivity index is 0.000000980. The third kappa shape index (κ3) is 2.63. The Labute approximate surface area is 85.4 Å². The highest BCUT2D eigenvalue weighted by atomic mass is 14.9. The third-order valence-electron chi connectivity index (χ3n) is 1.84. The molecule has 14 heavy (non-hydrogen) atoms. The van der Waals surface area contributed by atoms with Crippen molar-refractivity contribution in [3.05, 3.63) is 68.1 Å². The minimum Gasteiger partial charge on any atom is -0.356 e. The van der Waals surface area contributed by atoms with E-state index in [4.69, 9.17) is 0 Å². The second kappa shape index (κ2) is 5.07. The van der Waals surface area contributed by atoms with Gasteiger partial charge >= 0.3 is 0 Å². The lowest BCUT2D eigenvalue weighted by Crippen LogP contribution is -1.87. The van der Waals surface area contributed by atoms with Crippen molar-refractivity contribution in [3.63, 3.8) is 0 Å². The summed E-state index contributed by atoms with van der Waals surface area (Å²) in [7, 11) is 0. The molecule has 0 spiro atoms. The van der Waals surface area contributed by atoms with Gasteiger partial charge in [0.15, 0.2) is 0 Å². The highest BCUT2D eigenvalue weighted by Crippen LogP contribution is 2.14. The summed E-state index contributed by atoms with van der Waals surface area (Å²) < 4.78 is 0. The standard InChI is InChI=1S/C12H11N.C/c1-3-7-11(8-4-1)13-12-9-5-2-6-10-12;/h1-10,13H;. The Kier molecular flexibility index (Phi) is 3.74. The van der Waals surface area contributed by atoms with Crippen LogP contribution >= 0.6 is 0 Å². The van der Waals surface area contributed by atoms with Crippen molar-refractivity contribution in [1.29, 1.82) is 0 Å². The molecule has 0 bridgehead atoms. The number of nitrogens with one attached hydrogen (secondary N) is 1. The van der Waals surface area contributed by atoms with Crippen molar-refractivity contribution >= 4 is 11.4 Å². The molecule has 0 saturated heterocycles. The number of hydrogen-bond acceptors (Lipinski definition) is 1. The molecule has 2 aromatic rings. The normalized spacial score (nSPS) is 8.86. The first-order chi connectivity index (χ1) is 6.45.